The van der Waals surface area contributed by atoms with Crippen LogP contribution in [0.1, 0.15) is 59.2 Å². The highest BCUT2D eigenvalue weighted by Crippen LogP contribution is 2.37. The molecule has 2 N–H and O–H groups in total. The minimum atomic E-state index is -0.676. The molecule has 1 saturated carbocycles. The van der Waals surface area contributed by atoms with Gasteiger partial charge in [0, 0.05) is 55.7 Å². The first kappa shape index (κ1) is 27.6. The normalized spacial score (nSPS) is 16.0. The minimum absolute atomic E-state index is 0.126. The van der Waals surface area contributed by atoms with E-state index in [0.717, 1.165) is 25.7 Å². The number of carbonyl (C=O) groups is 2. The summed E-state index contributed by atoms with van der Waals surface area (Å²) in [5, 5.41) is 9.10. The number of methoxy groups -OCH3 is 1. The number of nitrogens with zero attached hydrogens (tertiary/aromatic N) is 5. The number of carbonyl (C=O) groups excluding carboxylic acids is 2. The fraction of sp³-hybridized carbons (Fsp3) is 0.393. The Bertz CT molecular complexity index is 1340. The Morgan fingerprint density at radius 2 is 1.77 bits per heavy atom. The van der Waals surface area contributed by atoms with Crippen molar-refractivity contribution in [3.63, 3.8) is 0 Å². The second-order valence-electron chi connectivity index (χ2n) is 9.82. The summed E-state index contributed by atoms with van der Waals surface area (Å²) in [5.74, 6) is 0.807. The van der Waals surface area contributed by atoms with E-state index in [1.807, 2.05) is 23.1 Å². The first-order valence-corrected chi connectivity index (χ1v) is 13.7. The lowest BCUT2D eigenvalue weighted by molar-refractivity contribution is 0.0705. The van der Waals surface area contributed by atoms with Crippen LogP contribution in [0, 0.1) is 0 Å². The molecule has 2 fully saturated rings. The molecule has 1 aliphatic heterocycles. The number of anilines is 2. The zero-order valence-electron chi connectivity index (χ0n) is 22.1. The summed E-state index contributed by atoms with van der Waals surface area (Å²) in [6, 6.07) is 7.07. The van der Waals surface area contributed by atoms with Crippen LogP contribution in [0.5, 0.6) is 11.5 Å². The van der Waals surface area contributed by atoms with Gasteiger partial charge in [0.1, 0.15) is 0 Å². The summed E-state index contributed by atoms with van der Waals surface area (Å²) in [4.78, 5) is 42.0. The molecule has 1 aromatic carbocycles. The molecule has 3 aromatic rings. The first-order valence-electron chi connectivity index (χ1n) is 13.3. The van der Waals surface area contributed by atoms with Crippen LogP contribution >= 0.6 is 11.6 Å². The van der Waals surface area contributed by atoms with Crippen LogP contribution in [0.15, 0.2) is 49.1 Å². The number of amides is 2. The van der Waals surface area contributed by atoms with Crippen molar-refractivity contribution in [2.45, 2.75) is 50.7 Å². The Morgan fingerprint density at radius 1 is 1.05 bits per heavy atom. The molecule has 5 rings (SSSR count). The molecule has 1 saturated heterocycles. The number of benzene rings is 1. The maximum Gasteiger partial charge on any atom is 0.277 e. The highest BCUT2D eigenvalue weighted by Gasteiger charge is 2.32. The van der Waals surface area contributed by atoms with E-state index in [2.05, 4.69) is 15.0 Å². The van der Waals surface area contributed by atoms with E-state index in [1.165, 1.54) is 18.6 Å². The van der Waals surface area contributed by atoms with Crippen LogP contribution in [-0.2, 0) is 0 Å². The average molecular weight is 567 g/mol. The lowest BCUT2D eigenvalue weighted by atomic mass is 10.0. The van der Waals surface area contributed by atoms with Crippen molar-refractivity contribution in [3.05, 3.63) is 65.2 Å². The molecule has 2 aliphatic rings. The molecule has 40 heavy (non-hydrogen) atoms. The Labute approximate surface area is 237 Å². The summed E-state index contributed by atoms with van der Waals surface area (Å²) >= 11 is 6.41. The van der Waals surface area contributed by atoms with E-state index in [4.69, 9.17) is 26.3 Å². The highest BCUT2D eigenvalue weighted by atomic mass is 35.5. The fourth-order valence-electron chi connectivity index (χ4n) is 5.26. The molecular formula is C28H31ClN6O5. The molecule has 2 aromatic heterocycles. The number of hydrogen-bond acceptors (Lipinski definition) is 9. The molecule has 0 bridgehead atoms. The third-order valence-corrected chi connectivity index (χ3v) is 7.66. The summed E-state index contributed by atoms with van der Waals surface area (Å²) in [7, 11) is 1.61. The van der Waals surface area contributed by atoms with E-state index in [1.54, 1.807) is 29.8 Å². The largest absolute Gasteiger partial charge is 0.493 e. The van der Waals surface area contributed by atoms with Crippen LogP contribution in [0.3, 0.4) is 0 Å². The number of ether oxygens (including phenoxy) is 2. The third-order valence-electron chi connectivity index (χ3n) is 7.36. The van der Waals surface area contributed by atoms with Gasteiger partial charge in [0.15, 0.2) is 11.5 Å². The van der Waals surface area contributed by atoms with Gasteiger partial charge >= 0.3 is 0 Å². The van der Waals surface area contributed by atoms with Gasteiger partial charge in [-0.05, 0) is 56.7 Å². The molecular weight excluding hydrogens is 536 g/mol. The van der Waals surface area contributed by atoms with Crippen molar-refractivity contribution in [1.29, 1.82) is 0 Å². The minimum Gasteiger partial charge on any atom is -0.493 e. The first-order chi connectivity index (χ1) is 19.5. The third kappa shape index (κ3) is 5.95. The maximum atomic E-state index is 14.0. The van der Waals surface area contributed by atoms with E-state index in [-0.39, 0.29) is 28.6 Å². The number of hydrogen-bond donors (Lipinski definition) is 2. The van der Waals surface area contributed by atoms with Gasteiger partial charge in [0.2, 0.25) is 5.95 Å². The van der Waals surface area contributed by atoms with Crippen LogP contribution in [0.25, 0.3) is 0 Å². The molecule has 0 spiro atoms. The standard InChI is InChI=1S/C28H31ClN6O5/c1-39-24-7-6-20(14-25(24)40-21-4-2-3-5-21)35(27(37)22-8-11-30-17-23(22)29)19-9-12-34(13-10-19)28-31-15-18(16-32-28)26(36)33-38/h6-8,11,14-17,19,21,38H,2-5,9-10,12-13H2,1H3,(H,33,36). The molecule has 0 atom stereocenters. The van der Waals surface area contributed by atoms with Gasteiger partial charge in [-0.25, -0.2) is 15.4 Å². The van der Waals surface area contributed by atoms with Gasteiger partial charge in [-0.1, -0.05) is 11.6 Å². The van der Waals surface area contributed by atoms with Crippen LogP contribution in [-0.4, -0.2) is 64.3 Å². The van der Waals surface area contributed by atoms with Crippen molar-refractivity contribution in [3.8, 4) is 11.5 Å². The van der Waals surface area contributed by atoms with Gasteiger partial charge in [-0.3, -0.25) is 19.8 Å². The SMILES string of the molecule is COc1ccc(N(C(=O)c2ccncc2Cl)C2CCN(c3ncc(C(=O)NO)cn3)CC2)cc1OC1CCCC1. The zero-order chi connectivity index (χ0) is 28.1. The van der Waals surface area contributed by atoms with Crippen LogP contribution in [0.2, 0.25) is 5.02 Å². The second-order valence-corrected chi connectivity index (χ2v) is 10.2. The van der Waals surface area contributed by atoms with Gasteiger partial charge in [0.25, 0.3) is 11.8 Å². The van der Waals surface area contributed by atoms with E-state index in [0.29, 0.717) is 54.6 Å². The molecule has 210 valence electrons. The number of hydroxylamine groups is 1. The van der Waals surface area contributed by atoms with Gasteiger partial charge in [-0.2, -0.15) is 0 Å². The van der Waals surface area contributed by atoms with E-state index in [9.17, 15) is 9.59 Å². The lowest BCUT2D eigenvalue weighted by Crippen LogP contribution is -2.48. The maximum absolute atomic E-state index is 14.0. The van der Waals surface area contributed by atoms with Crippen molar-refractivity contribution >= 4 is 35.1 Å². The molecule has 12 heteroatoms. The Balaban J connectivity index is 1.41. The van der Waals surface area contributed by atoms with Gasteiger partial charge in [-0.15, -0.1) is 0 Å². The number of pyridine rings is 1. The van der Waals surface area contributed by atoms with Gasteiger partial charge in [0.05, 0.1) is 29.4 Å². The van der Waals surface area contributed by atoms with Crippen molar-refractivity contribution in [2.24, 2.45) is 0 Å². The Hall–Kier alpha value is -3.96. The molecule has 3 heterocycles. The summed E-state index contributed by atoms with van der Waals surface area (Å²) in [5.41, 5.74) is 2.79. The van der Waals surface area contributed by atoms with Crippen LogP contribution in [0.4, 0.5) is 11.6 Å². The van der Waals surface area contributed by atoms with Crippen molar-refractivity contribution in [1.82, 2.24) is 20.4 Å². The number of halogens is 1. The molecule has 11 nitrogen and oxygen atoms in total. The predicted molar refractivity (Wildman–Crippen MR) is 148 cm³/mol. The Kier molecular flexibility index (Phi) is 8.61. The van der Waals surface area contributed by atoms with Gasteiger partial charge < -0.3 is 19.3 Å². The summed E-state index contributed by atoms with van der Waals surface area (Å²) < 4.78 is 11.9. The molecule has 1 aliphatic carbocycles. The predicted octanol–water partition coefficient (Wildman–Crippen LogP) is 4.29. The van der Waals surface area contributed by atoms with E-state index >= 15 is 0 Å². The smallest absolute Gasteiger partial charge is 0.277 e. The molecule has 0 unspecified atom stereocenters. The monoisotopic (exact) mass is 566 g/mol. The fourth-order valence-corrected chi connectivity index (χ4v) is 5.46. The quantitative estimate of drug-likeness (QED) is 0.303. The number of rotatable bonds is 8. The number of aromatic nitrogens is 3. The van der Waals surface area contributed by atoms with Crippen molar-refractivity contribution in [2.75, 3.05) is 30.0 Å². The topological polar surface area (TPSA) is 130 Å². The van der Waals surface area contributed by atoms with Crippen LogP contribution < -0.4 is 24.8 Å². The lowest BCUT2D eigenvalue weighted by Gasteiger charge is -2.39. The highest BCUT2D eigenvalue weighted by molar-refractivity contribution is 6.34. The zero-order valence-corrected chi connectivity index (χ0v) is 22.9. The summed E-state index contributed by atoms with van der Waals surface area (Å²) in [6.07, 6.45) is 11.4. The second kappa shape index (κ2) is 12.5. The Morgan fingerprint density at radius 3 is 2.42 bits per heavy atom. The van der Waals surface area contributed by atoms with Crippen molar-refractivity contribution < 1.29 is 24.3 Å². The average Bonchev–Trinajstić information content (AvgIpc) is 3.51. The molecule has 2 amide bonds. The summed E-state index contributed by atoms with van der Waals surface area (Å²) in [6.45, 7) is 1.18. The molecule has 0 radical (unpaired) electrons. The number of piperidine rings is 1. The number of nitrogens with one attached hydrogen (secondary N) is 1. The van der Waals surface area contributed by atoms with E-state index < -0.39 is 5.91 Å².